The number of unbranched alkanes of at least 4 members (excludes halogenated alkanes) is 2. The average molecular weight is 386 g/mol. The normalized spacial score (nSPS) is 19.9. The predicted molar refractivity (Wildman–Crippen MR) is 105 cm³/mol. The molecule has 0 saturated heterocycles. The van der Waals surface area contributed by atoms with E-state index in [0.717, 1.165) is 19.6 Å². The summed E-state index contributed by atoms with van der Waals surface area (Å²) in [5, 5.41) is 0. The van der Waals surface area contributed by atoms with Crippen molar-refractivity contribution in [2.75, 3.05) is 46.6 Å². The molecular formula is C21H39NO5. The summed E-state index contributed by atoms with van der Waals surface area (Å²) in [5.41, 5.74) is 0. The fourth-order valence-corrected chi connectivity index (χ4v) is 3.40. The standard InChI is InChI=1S/C21H39NO5/c1-4-6-12-22(13-7-5-2)14-15-26-20(23)18-8-10-19(11-9-18)21(24)27-17-16-25-3/h18-19H,4-17H2,1-3H3. The Morgan fingerprint density at radius 1 is 0.778 bits per heavy atom. The van der Waals surface area contributed by atoms with Gasteiger partial charge in [-0.1, -0.05) is 26.7 Å². The Hall–Kier alpha value is -1.14. The van der Waals surface area contributed by atoms with Crippen LogP contribution in [0.15, 0.2) is 0 Å². The van der Waals surface area contributed by atoms with Gasteiger partial charge in [-0.15, -0.1) is 0 Å². The molecule has 0 heterocycles. The molecule has 1 rings (SSSR count). The van der Waals surface area contributed by atoms with E-state index in [4.69, 9.17) is 14.2 Å². The zero-order chi connectivity index (χ0) is 19.9. The number of hydrogen-bond acceptors (Lipinski definition) is 6. The van der Waals surface area contributed by atoms with Crippen LogP contribution < -0.4 is 0 Å². The number of hydrogen-bond donors (Lipinski definition) is 0. The summed E-state index contributed by atoms with van der Waals surface area (Å²) >= 11 is 0. The molecule has 0 spiro atoms. The van der Waals surface area contributed by atoms with Gasteiger partial charge in [0.05, 0.1) is 18.4 Å². The SMILES string of the molecule is CCCCN(CCCC)CCOC(=O)C1CCC(C(=O)OCCOC)CC1. The zero-order valence-corrected chi connectivity index (χ0v) is 17.5. The van der Waals surface area contributed by atoms with Crippen LogP contribution in [-0.2, 0) is 23.8 Å². The van der Waals surface area contributed by atoms with Crippen molar-refractivity contribution >= 4 is 11.9 Å². The molecule has 0 aromatic heterocycles. The molecule has 0 N–H and O–H groups in total. The third kappa shape index (κ3) is 10.1. The van der Waals surface area contributed by atoms with Gasteiger partial charge in [0.2, 0.25) is 0 Å². The highest BCUT2D eigenvalue weighted by Gasteiger charge is 2.31. The first-order valence-electron chi connectivity index (χ1n) is 10.7. The maximum absolute atomic E-state index is 12.3. The molecule has 0 bridgehead atoms. The van der Waals surface area contributed by atoms with E-state index in [9.17, 15) is 9.59 Å². The Balaban J connectivity index is 2.24. The van der Waals surface area contributed by atoms with Gasteiger partial charge >= 0.3 is 11.9 Å². The summed E-state index contributed by atoms with van der Waals surface area (Å²) in [6.45, 7) is 8.53. The van der Waals surface area contributed by atoms with Gasteiger partial charge < -0.3 is 14.2 Å². The first-order chi connectivity index (χ1) is 13.1. The molecule has 27 heavy (non-hydrogen) atoms. The number of esters is 2. The Morgan fingerprint density at radius 2 is 1.26 bits per heavy atom. The first-order valence-corrected chi connectivity index (χ1v) is 10.7. The second-order valence-electron chi connectivity index (χ2n) is 7.43. The number of carbonyl (C=O) groups is 2. The summed E-state index contributed by atoms with van der Waals surface area (Å²) in [6, 6.07) is 0. The number of ether oxygens (including phenoxy) is 3. The second-order valence-corrected chi connectivity index (χ2v) is 7.43. The van der Waals surface area contributed by atoms with Gasteiger partial charge in [0.25, 0.3) is 0 Å². The van der Waals surface area contributed by atoms with Crippen molar-refractivity contribution in [1.82, 2.24) is 4.90 Å². The molecule has 6 heteroatoms. The van der Waals surface area contributed by atoms with Crippen molar-refractivity contribution in [1.29, 1.82) is 0 Å². The molecule has 0 aromatic carbocycles. The molecule has 158 valence electrons. The van der Waals surface area contributed by atoms with Crippen LogP contribution in [0.3, 0.4) is 0 Å². The highest BCUT2D eigenvalue weighted by Crippen LogP contribution is 2.30. The molecule has 1 fully saturated rings. The smallest absolute Gasteiger partial charge is 0.309 e. The summed E-state index contributed by atoms with van der Waals surface area (Å²) in [7, 11) is 1.58. The van der Waals surface area contributed by atoms with Gasteiger partial charge in [-0.25, -0.2) is 0 Å². The Morgan fingerprint density at radius 3 is 1.70 bits per heavy atom. The molecule has 0 unspecified atom stereocenters. The summed E-state index contributed by atoms with van der Waals surface area (Å²) in [6.07, 6.45) is 7.54. The van der Waals surface area contributed by atoms with Gasteiger partial charge in [-0.05, 0) is 51.6 Å². The lowest BCUT2D eigenvalue weighted by atomic mass is 9.82. The highest BCUT2D eigenvalue weighted by atomic mass is 16.6. The average Bonchev–Trinajstić information content (AvgIpc) is 2.69. The Labute approximate surface area is 164 Å². The van der Waals surface area contributed by atoms with Gasteiger partial charge in [0.1, 0.15) is 13.2 Å². The fourth-order valence-electron chi connectivity index (χ4n) is 3.40. The van der Waals surface area contributed by atoms with E-state index < -0.39 is 0 Å². The molecule has 0 aromatic rings. The molecule has 0 aliphatic heterocycles. The van der Waals surface area contributed by atoms with Crippen LogP contribution in [0.1, 0.15) is 65.2 Å². The molecule has 0 atom stereocenters. The number of rotatable bonds is 14. The third-order valence-electron chi connectivity index (χ3n) is 5.23. The summed E-state index contributed by atoms with van der Waals surface area (Å²) < 4.78 is 15.6. The van der Waals surface area contributed by atoms with E-state index in [-0.39, 0.29) is 23.8 Å². The van der Waals surface area contributed by atoms with Crippen molar-refractivity contribution in [2.24, 2.45) is 11.8 Å². The quantitative estimate of drug-likeness (QED) is 0.337. The van der Waals surface area contributed by atoms with Crippen molar-refractivity contribution in [3.8, 4) is 0 Å². The van der Waals surface area contributed by atoms with Gasteiger partial charge in [-0.3, -0.25) is 14.5 Å². The monoisotopic (exact) mass is 385 g/mol. The fraction of sp³-hybridized carbons (Fsp3) is 0.905. The van der Waals surface area contributed by atoms with Crippen LogP contribution in [0.2, 0.25) is 0 Å². The molecule has 1 saturated carbocycles. The van der Waals surface area contributed by atoms with Crippen LogP contribution in [0.25, 0.3) is 0 Å². The highest BCUT2D eigenvalue weighted by molar-refractivity contribution is 5.75. The van der Waals surface area contributed by atoms with E-state index in [1.807, 2.05) is 0 Å². The lowest BCUT2D eigenvalue weighted by Crippen LogP contribution is -2.32. The van der Waals surface area contributed by atoms with Gasteiger partial charge in [-0.2, -0.15) is 0 Å². The van der Waals surface area contributed by atoms with Crippen LogP contribution >= 0.6 is 0 Å². The van der Waals surface area contributed by atoms with E-state index in [1.165, 1.54) is 25.7 Å². The molecule has 0 amide bonds. The molecular weight excluding hydrogens is 346 g/mol. The number of methoxy groups -OCH3 is 1. The molecule has 1 aliphatic carbocycles. The minimum Gasteiger partial charge on any atom is -0.464 e. The van der Waals surface area contributed by atoms with Crippen LogP contribution in [0.4, 0.5) is 0 Å². The predicted octanol–water partition coefficient (Wildman–Crippen LogP) is 3.43. The number of nitrogens with zero attached hydrogens (tertiary/aromatic N) is 1. The lowest BCUT2D eigenvalue weighted by Gasteiger charge is -2.26. The van der Waals surface area contributed by atoms with Crippen LogP contribution in [0, 0.1) is 11.8 Å². The molecule has 0 radical (unpaired) electrons. The molecule has 1 aliphatic rings. The van der Waals surface area contributed by atoms with Crippen LogP contribution in [-0.4, -0.2) is 63.4 Å². The van der Waals surface area contributed by atoms with E-state index >= 15 is 0 Å². The van der Waals surface area contributed by atoms with E-state index in [0.29, 0.717) is 45.5 Å². The van der Waals surface area contributed by atoms with Gasteiger partial charge in [0, 0.05) is 13.7 Å². The van der Waals surface area contributed by atoms with Crippen molar-refractivity contribution in [3.05, 3.63) is 0 Å². The minimum absolute atomic E-state index is 0.0761. The zero-order valence-electron chi connectivity index (χ0n) is 17.5. The van der Waals surface area contributed by atoms with Crippen molar-refractivity contribution < 1.29 is 23.8 Å². The van der Waals surface area contributed by atoms with E-state index in [2.05, 4.69) is 18.7 Å². The summed E-state index contributed by atoms with van der Waals surface area (Å²) in [4.78, 5) is 26.7. The number of carbonyl (C=O) groups excluding carboxylic acids is 2. The third-order valence-corrected chi connectivity index (χ3v) is 5.23. The van der Waals surface area contributed by atoms with Crippen molar-refractivity contribution in [3.63, 3.8) is 0 Å². The Bertz CT molecular complexity index is 399. The Kier molecular flexibility index (Phi) is 13.2. The van der Waals surface area contributed by atoms with Crippen LogP contribution in [0.5, 0.6) is 0 Å². The van der Waals surface area contributed by atoms with E-state index in [1.54, 1.807) is 7.11 Å². The maximum atomic E-state index is 12.3. The molecule has 6 nitrogen and oxygen atoms in total. The second kappa shape index (κ2) is 14.9. The topological polar surface area (TPSA) is 65.1 Å². The van der Waals surface area contributed by atoms with Gasteiger partial charge in [0.15, 0.2) is 0 Å². The van der Waals surface area contributed by atoms with Crippen molar-refractivity contribution in [2.45, 2.75) is 65.2 Å². The maximum Gasteiger partial charge on any atom is 0.309 e. The summed E-state index contributed by atoms with van der Waals surface area (Å²) in [5.74, 6) is -0.439. The lowest BCUT2D eigenvalue weighted by molar-refractivity contribution is -0.156. The first kappa shape index (κ1) is 23.9. The minimum atomic E-state index is -0.165. The largest absolute Gasteiger partial charge is 0.464 e.